The Morgan fingerprint density at radius 3 is 2.95 bits per heavy atom. The Kier molecular flexibility index (Phi) is 4.93. The third kappa shape index (κ3) is 3.65. The first-order valence-corrected chi connectivity index (χ1v) is 8.84. The van der Waals surface area contributed by atoms with Crippen molar-refractivity contribution in [3.05, 3.63) is 21.9 Å². The molecule has 0 aromatic carbocycles. The lowest BCUT2D eigenvalue weighted by Gasteiger charge is -2.34. The summed E-state index contributed by atoms with van der Waals surface area (Å²) in [5.41, 5.74) is 1.35. The number of carbonyl (C=O) groups excluding carboxylic acids is 1. The van der Waals surface area contributed by atoms with Crippen LogP contribution in [0.5, 0.6) is 0 Å². The third-order valence-electron chi connectivity index (χ3n) is 4.72. The molecule has 3 heterocycles. The van der Waals surface area contributed by atoms with Gasteiger partial charge in [-0.15, -0.1) is 11.3 Å². The molecule has 0 saturated carbocycles. The summed E-state index contributed by atoms with van der Waals surface area (Å²) in [6.45, 7) is 5.54. The molecule has 2 aliphatic rings. The van der Waals surface area contributed by atoms with Crippen molar-refractivity contribution in [2.24, 2.45) is 5.92 Å². The molecule has 2 aliphatic heterocycles. The Bertz CT molecular complexity index is 480. The van der Waals surface area contributed by atoms with Crippen LogP contribution < -0.4 is 5.32 Å². The van der Waals surface area contributed by atoms with Gasteiger partial charge in [0.1, 0.15) is 0 Å². The molecule has 1 fully saturated rings. The maximum atomic E-state index is 12.5. The monoisotopic (exact) mass is 307 g/mol. The lowest BCUT2D eigenvalue weighted by atomic mass is 9.97. The standard InChI is InChI=1S/C16H25N3OS/c1-17-10-13-2-6-18(7-3-13)12-16(20)19-8-4-15-14(11-19)5-9-21-15/h5,9,13,17H,2-4,6-8,10-12H2,1H3. The predicted molar refractivity (Wildman–Crippen MR) is 86.5 cm³/mol. The molecule has 21 heavy (non-hydrogen) atoms. The van der Waals surface area contributed by atoms with E-state index in [1.54, 1.807) is 0 Å². The first-order valence-electron chi connectivity index (χ1n) is 7.96. The van der Waals surface area contributed by atoms with E-state index < -0.39 is 0 Å². The second-order valence-electron chi connectivity index (χ2n) is 6.21. The third-order valence-corrected chi connectivity index (χ3v) is 5.74. The number of thiophene rings is 1. The van der Waals surface area contributed by atoms with E-state index in [0.29, 0.717) is 12.5 Å². The van der Waals surface area contributed by atoms with E-state index in [2.05, 4.69) is 21.7 Å². The number of likely N-dealkylation sites (tertiary alicyclic amines) is 1. The molecule has 0 unspecified atom stereocenters. The van der Waals surface area contributed by atoms with E-state index in [1.807, 2.05) is 23.3 Å². The number of piperidine rings is 1. The highest BCUT2D eigenvalue weighted by Crippen LogP contribution is 2.24. The van der Waals surface area contributed by atoms with Crippen LogP contribution in [0, 0.1) is 5.92 Å². The molecule has 5 heteroatoms. The molecule has 1 aromatic rings. The van der Waals surface area contributed by atoms with Gasteiger partial charge in [-0.3, -0.25) is 9.69 Å². The number of rotatable bonds is 4. The van der Waals surface area contributed by atoms with Crippen LogP contribution in [-0.4, -0.2) is 55.5 Å². The van der Waals surface area contributed by atoms with Crippen molar-refractivity contribution in [3.8, 4) is 0 Å². The van der Waals surface area contributed by atoms with Crippen LogP contribution in [0.3, 0.4) is 0 Å². The molecule has 1 aromatic heterocycles. The summed E-state index contributed by atoms with van der Waals surface area (Å²) in [4.78, 5) is 18.3. The van der Waals surface area contributed by atoms with Crippen molar-refractivity contribution in [1.82, 2.24) is 15.1 Å². The summed E-state index contributed by atoms with van der Waals surface area (Å²) in [5, 5.41) is 5.40. The number of nitrogens with zero attached hydrogens (tertiary/aromatic N) is 2. The van der Waals surface area contributed by atoms with Crippen molar-refractivity contribution in [2.45, 2.75) is 25.8 Å². The molecule has 4 nitrogen and oxygen atoms in total. The molecule has 1 N–H and O–H groups in total. The normalized spacial score (nSPS) is 20.5. The highest BCUT2D eigenvalue weighted by atomic mass is 32.1. The first kappa shape index (κ1) is 15.0. The van der Waals surface area contributed by atoms with Crippen molar-refractivity contribution >= 4 is 17.2 Å². The minimum atomic E-state index is 0.305. The average molecular weight is 307 g/mol. The molecule has 0 radical (unpaired) electrons. The Hall–Kier alpha value is -0.910. The van der Waals surface area contributed by atoms with Crippen molar-refractivity contribution in [3.63, 3.8) is 0 Å². The van der Waals surface area contributed by atoms with Crippen LogP contribution in [0.25, 0.3) is 0 Å². The fourth-order valence-corrected chi connectivity index (χ4v) is 4.28. The number of hydrogen-bond acceptors (Lipinski definition) is 4. The quantitative estimate of drug-likeness (QED) is 0.917. The molecule has 116 valence electrons. The van der Waals surface area contributed by atoms with Gasteiger partial charge in [0, 0.05) is 18.0 Å². The van der Waals surface area contributed by atoms with Crippen LogP contribution >= 0.6 is 11.3 Å². The van der Waals surface area contributed by atoms with Crippen LogP contribution in [0.4, 0.5) is 0 Å². The highest BCUT2D eigenvalue weighted by Gasteiger charge is 2.25. The SMILES string of the molecule is CNCC1CCN(CC(=O)N2CCc3sccc3C2)CC1. The van der Waals surface area contributed by atoms with Crippen molar-refractivity contribution in [1.29, 1.82) is 0 Å². The van der Waals surface area contributed by atoms with Gasteiger partial charge in [0.2, 0.25) is 5.91 Å². The summed E-state index contributed by atoms with van der Waals surface area (Å²) in [7, 11) is 2.02. The average Bonchev–Trinajstić information content (AvgIpc) is 2.97. The van der Waals surface area contributed by atoms with Gasteiger partial charge >= 0.3 is 0 Å². The predicted octanol–water partition coefficient (Wildman–Crippen LogP) is 1.56. The molecular formula is C16H25N3OS. The van der Waals surface area contributed by atoms with Crippen LogP contribution in [0.2, 0.25) is 0 Å². The maximum absolute atomic E-state index is 12.5. The van der Waals surface area contributed by atoms with E-state index in [-0.39, 0.29) is 0 Å². The van der Waals surface area contributed by atoms with Crippen LogP contribution in [0.1, 0.15) is 23.3 Å². The Morgan fingerprint density at radius 2 is 2.19 bits per heavy atom. The van der Waals surface area contributed by atoms with E-state index >= 15 is 0 Å². The summed E-state index contributed by atoms with van der Waals surface area (Å²) < 4.78 is 0. The van der Waals surface area contributed by atoms with E-state index in [4.69, 9.17) is 0 Å². The molecule has 3 rings (SSSR count). The molecular weight excluding hydrogens is 282 g/mol. The van der Waals surface area contributed by atoms with Crippen molar-refractivity contribution in [2.75, 3.05) is 39.8 Å². The van der Waals surface area contributed by atoms with Gasteiger partial charge < -0.3 is 10.2 Å². The second kappa shape index (κ2) is 6.90. The summed E-state index contributed by atoms with van der Waals surface area (Å²) in [5.74, 6) is 1.09. The minimum absolute atomic E-state index is 0.305. The topological polar surface area (TPSA) is 35.6 Å². The molecule has 1 saturated heterocycles. The van der Waals surface area contributed by atoms with Crippen molar-refractivity contribution < 1.29 is 4.79 Å². The number of nitrogens with one attached hydrogen (secondary N) is 1. The number of fused-ring (bicyclic) bond motifs is 1. The first-order chi connectivity index (χ1) is 10.3. The molecule has 0 bridgehead atoms. The number of hydrogen-bond donors (Lipinski definition) is 1. The van der Waals surface area contributed by atoms with Gasteiger partial charge in [-0.2, -0.15) is 0 Å². The summed E-state index contributed by atoms with van der Waals surface area (Å²) >= 11 is 1.83. The molecule has 1 amide bonds. The fraction of sp³-hybridized carbons (Fsp3) is 0.688. The zero-order valence-electron chi connectivity index (χ0n) is 12.8. The summed E-state index contributed by atoms with van der Waals surface area (Å²) in [6.07, 6.45) is 3.45. The highest BCUT2D eigenvalue weighted by molar-refractivity contribution is 7.10. The second-order valence-corrected chi connectivity index (χ2v) is 7.21. The smallest absolute Gasteiger partial charge is 0.237 e. The number of carbonyl (C=O) groups is 1. The zero-order valence-corrected chi connectivity index (χ0v) is 13.6. The zero-order chi connectivity index (χ0) is 14.7. The van der Waals surface area contributed by atoms with Gasteiger partial charge in [0.05, 0.1) is 6.54 Å². The minimum Gasteiger partial charge on any atom is -0.337 e. The Morgan fingerprint density at radius 1 is 1.38 bits per heavy atom. The van der Waals surface area contributed by atoms with Gasteiger partial charge in [-0.25, -0.2) is 0 Å². The van der Waals surface area contributed by atoms with Gasteiger partial charge in [-0.1, -0.05) is 0 Å². The molecule has 0 atom stereocenters. The van der Waals surface area contributed by atoms with E-state index in [9.17, 15) is 4.79 Å². The lowest BCUT2D eigenvalue weighted by molar-refractivity contribution is -0.133. The van der Waals surface area contributed by atoms with Gasteiger partial charge in [-0.05, 0) is 68.9 Å². The Balaban J connectivity index is 1.47. The van der Waals surface area contributed by atoms with Gasteiger partial charge in [0.15, 0.2) is 0 Å². The van der Waals surface area contributed by atoms with E-state index in [1.165, 1.54) is 23.3 Å². The van der Waals surface area contributed by atoms with Crippen LogP contribution in [0.15, 0.2) is 11.4 Å². The van der Waals surface area contributed by atoms with Gasteiger partial charge in [0.25, 0.3) is 0 Å². The fourth-order valence-electron chi connectivity index (χ4n) is 3.39. The Labute approximate surface area is 131 Å². The number of amides is 1. The molecule has 0 spiro atoms. The lowest BCUT2D eigenvalue weighted by Crippen LogP contribution is -2.45. The molecule has 0 aliphatic carbocycles. The summed E-state index contributed by atoms with van der Waals surface area (Å²) in [6, 6.07) is 2.17. The maximum Gasteiger partial charge on any atom is 0.237 e. The van der Waals surface area contributed by atoms with E-state index in [0.717, 1.165) is 45.1 Å². The van der Waals surface area contributed by atoms with Crippen LogP contribution in [-0.2, 0) is 17.8 Å². The largest absolute Gasteiger partial charge is 0.337 e.